The molecule has 0 spiro atoms. The van der Waals surface area contributed by atoms with Crippen LogP contribution in [-0.2, 0) is 11.3 Å². The minimum absolute atomic E-state index is 0.0574. The molecule has 5 rings (SSSR count). The predicted molar refractivity (Wildman–Crippen MR) is 122 cm³/mol. The summed E-state index contributed by atoms with van der Waals surface area (Å²) in [5.41, 5.74) is 2.95. The number of piperidine rings is 1. The number of imide groups is 1. The average molecular weight is 432 g/mol. The van der Waals surface area contributed by atoms with Gasteiger partial charge < -0.3 is 9.80 Å². The Bertz CT molecular complexity index is 1050. The smallest absolute Gasteiger partial charge is 0.263 e. The van der Waals surface area contributed by atoms with Crippen molar-refractivity contribution in [3.05, 3.63) is 65.2 Å². The average Bonchev–Trinajstić information content (AvgIpc) is 3.63. The molecule has 32 heavy (non-hydrogen) atoms. The second kappa shape index (κ2) is 8.41. The molecule has 6 heteroatoms. The second-order valence-electron chi connectivity index (χ2n) is 9.03. The van der Waals surface area contributed by atoms with Crippen LogP contribution in [-0.4, -0.2) is 53.2 Å². The molecule has 2 fully saturated rings. The minimum Gasteiger partial charge on any atom is -0.370 e. The Hall–Kier alpha value is -3.15. The Morgan fingerprint density at radius 3 is 2.50 bits per heavy atom. The zero-order valence-corrected chi connectivity index (χ0v) is 18.5. The van der Waals surface area contributed by atoms with Gasteiger partial charge in [-0.05, 0) is 50.3 Å². The Morgan fingerprint density at radius 2 is 1.78 bits per heavy atom. The van der Waals surface area contributed by atoms with Crippen molar-refractivity contribution in [1.82, 2.24) is 9.80 Å². The summed E-state index contributed by atoms with van der Waals surface area (Å²) in [5, 5.41) is 0. The van der Waals surface area contributed by atoms with E-state index in [4.69, 9.17) is 0 Å². The molecule has 0 bridgehead atoms. The van der Waals surface area contributed by atoms with Crippen LogP contribution in [0, 0.1) is 5.92 Å². The van der Waals surface area contributed by atoms with Crippen LogP contribution >= 0.6 is 0 Å². The molecule has 2 heterocycles. The van der Waals surface area contributed by atoms with E-state index in [9.17, 15) is 14.4 Å². The molecule has 0 N–H and O–H groups in total. The van der Waals surface area contributed by atoms with Gasteiger partial charge in [-0.25, -0.2) is 0 Å². The fourth-order valence-electron chi connectivity index (χ4n) is 5.02. The molecular formula is C26H29N3O3. The fraction of sp³-hybridized carbons (Fsp3) is 0.423. The number of hydrogen-bond donors (Lipinski definition) is 0. The molecule has 1 atom stereocenters. The quantitative estimate of drug-likeness (QED) is 0.655. The summed E-state index contributed by atoms with van der Waals surface area (Å²) >= 11 is 0. The molecule has 2 aliphatic heterocycles. The van der Waals surface area contributed by atoms with Gasteiger partial charge in [-0.1, -0.05) is 36.4 Å². The molecule has 2 aromatic carbocycles. The number of rotatable bonds is 6. The van der Waals surface area contributed by atoms with E-state index < -0.39 is 0 Å². The highest BCUT2D eigenvalue weighted by atomic mass is 16.2. The summed E-state index contributed by atoms with van der Waals surface area (Å²) in [6, 6.07) is 15.7. The lowest BCUT2D eigenvalue weighted by atomic mass is 9.94. The molecule has 1 saturated heterocycles. The van der Waals surface area contributed by atoms with E-state index in [0.717, 1.165) is 43.5 Å². The minimum atomic E-state index is -0.171. The third kappa shape index (κ3) is 3.68. The Balaban J connectivity index is 1.35. The zero-order valence-electron chi connectivity index (χ0n) is 18.5. The number of anilines is 1. The van der Waals surface area contributed by atoms with Gasteiger partial charge >= 0.3 is 0 Å². The number of nitrogens with zero attached hydrogens (tertiary/aromatic N) is 3. The third-order valence-electron chi connectivity index (χ3n) is 6.86. The monoisotopic (exact) mass is 431 g/mol. The van der Waals surface area contributed by atoms with Gasteiger partial charge in [-0.2, -0.15) is 0 Å². The van der Waals surface area contributed by atoms with Crippen LogP contribution in [0.2, 0.25) is 0 Å². The Morgan fingerprint density at radius 1 is 1.00 bits per heavy atom. The van der Waals surface area contributed by atoms with Crippen molar-refractivity contribution in [2.24, 2.45) is 5.92 Å². The number of carbonyl (C=O) groups excluding carboxylic acids is 3. The molecule has 3 aliphatic rings. The molecule has 0 aromatic heterocycles. The van der Waals surface area contributed by atoms with Crippen molar-refractivity contribution in [3.8, 4) is 0 Å². The van der Waals surface area contributed by atoms with Crippen molar-refractivity contribution in [2.75, 3.05) is 24.5 Å². The molecule has 0 radical (unpaired) electrons. The molecule has 6 nitrogen and oxygen atoms in total. The van der Waals surface area contributed by atoms with Crippen molar-refractivity contribution in [1.29, 1.82) is 0 Å². The molecule has 1 aliphatic carbocycles. The van der Waals surface area contributed by atoms with Gasteiger partial charge in [-0.15, -0.1) is 0 Å². The second-order valence-corrected chi connectivity index (χ2v) is 9.03. The maximum Gasteiger partial charge on any atom is 0.263 e. The van der Waals surface area contributed by atoms with Crippen LogP contribution in [0.15, 0.2) is 48.5 Å². The largest absolute Gasteiger partial charge is 0.370 e. The first-order valence-electron chi connectivity index (χ1n) is 11.7. The number of fused-ring (bicyclic) bond motifs is 1. The lowest BCUT2D eigenvalue weighted by molar-refractivity contribution is -0.136. The number of amides is 3. The zero-order chi connectivity index (χ0) is 22.2. The molecule has 0 unspecified atom stereocenters. The van der Waals surface area contributed by atoms with E-state index in [1.54, 1.807) is 6.07 Å². The first-order chi connectivity index (χ1) is 15.6. The van der Waals surface area contributed by atoms with E-state index >= 15 is 0 Å². The lowest BCUT2D eigenvalue weighted by Crippen LogP contribution is -2.45. The Kier molecular flexibility index (Phi) is 5.45. The Labute approximate surface area is 188 Å². The normalized spacial score (nSPS) is 20.5. The fourth-order valence-corrected chi connectivity index (χ4v) is 5.02. The van der Waals surface area contributed by atoms with E-state index in [0.29, 0.717) is 30.8 Å². The van der Waals surface area contributed by atoms with Gasteiger partial charge in [0.25, 0.3) is 11.8 Å². The van der Waals surface area contributed by atoms with Crippen LogP contribution in [0.1, 0.15) is 58.9 Å². The van der Waals surface area contributed by atoms with E-state index in [1.807, 2.05) is 54.3 Å². The summed E-state index contributed by atoms with van der Waals surface area (Å²) < 4.78 is 0. The highest BCUT2D eigenvalue weighted by molar-refractivity contribution is 6.24. The van der Waals surface area contributed by atoms with Crippen LogP contribution in [0.3, 0.4) is 0 Å². The number of benzene rings is 2. The maximum absolute atomic E-state index is 13.4. The van der Waals surface area contributed by atoms with Gasteiger partial charge in [0.15, 0.2) is 0 Å². The van der Waals surface area contributed by atoms with Crippen LogP contribution < -0.4 is 4.90 Å². The molecular weight excluding hydrogens is 402 g/mol. The van der Waals surface area contributed by atoms with Crippen molar-refractivity contribution >= 4 is 23.4 Å². The van der Waals surface area contributed by atoms with Crippen LogP contribution in [0.5, 0.6) is 0 Å². The van der Waals surface area contributed by atoms with E-state index in [-0.39, 0.29) is 29.7 Å². The van der Waals surface area contributed by atoms with E-state index in [2.05, 4.69) is 4.90 Å². The first kappa shape index (κ1) is 20.7. The third-order valence-corrected chi connectivity index (χ3v) is 6.86. The predicted octanol–water partition coefficient (Wildman–Crippen LogP) is 3.71. The SMILES string of the molecule is CCN(Cc1ccccc1)C(=O)[C@H]1CCCN(c2cccc3c2C(=O)N(C2CC2)C3=O)C1. The van der Waals surface area contributed by atoms with Gasteiger partial charge in [0.05, 0.1) is 22.7 Å². The summed E-state index contributed by atoms with van der Waals surface area (Å²) in [5.74, 6) is -0.291. The van der Waals surface area contributed by atoms with Crippen molar-refractivity contribution in [3.63, 3.8) is 0 Å². The van der Waals surface area contributed by atoms with Gasteiger partial charge in [0, 0.05) is 32.2 Å². The molecule has 3 amide bonds. The summed E-state index contributed by atoms with van der Waals surface area (Å²) in [4.78, 5) is 44.8. The van der Waals surface area contributed by atoms with Crippen molar-refractivity contribution in [2.45, 2.75) is 45.2 Å². The van der Waals surface area contributed by atoms with Gasteiger partial charge in [0.2, 0.25) is 5.91 Å². The standard InChI is InChI=1S/C26H29N3O3/c1-2-27(16-18-8-4-3-5-9-18)24(30)19-10-7-15-28(17-19)22-12-6-11-21-23(22)26(32)29(25(21)31)20-13-14-20/h3-6,8-9,11-12,19-20H,2,7,10,13-17H2,1H3/t19-/m0/s1. The molecule has 2 aromatic rings. The maximum atomic E-state index is 13.4. The highest BCUT2D eigenvalue weighted by Gasteiger charge is 2.46. The molecule has 166 valence electrons. The molecule has 1 saturated carbocycles. The lowest BCUT2D eigenvalue weighted by Gasteiger charge is -2.36. The van der Waals surface area contributed by atoms with Gasteiger partial charge in [-0.3, -0.25) is 19.3 Å². The number of hydrogen-bond acceptors (Lipinski definition) is 4. The van der Waals surface area contributed by atoms with E-state index in [1.165, 1.54) is 4.90 Å². The summed E-state index contributed by atoms with van der Waals surface area (Å²) in [6.45, 7) is 4.65. The summed E-state index contributed by atoms with van der Waals surface area (Å²) in [6.07, 6.45) is 3.53. The first-order valence-corrected chi connectivity index (χ1v) is 11.7. The van der Waals surface area contributed by atoms with Crippen LogP contribution in [0.25, 0.3) is 0 Å². The van der Waals surface area contributed by atoms with Crippen molar-refractivity contribution < 1.29 is 14.4 Å². The highest BCUT2D eigenvalue weighted by Crippen LogP contribution is 2.39. The van der Waals surface area contributed by atoms with Gasteiger partial charge in [0.1, 0.15) is 0 Å². The summed E-state index contributed by atoms with van der Waals surface area (Å²) in [7, 11) is 0. The van der Waals surface area contributed by atoms with Crippen LogP contribution in [0.4, 0.5) is 5.69 Å². The number of carbonyl (C=O) groups is 3. The topological polar surface area (TPSA) is 60.9 Å².